The number of nitrogens with zero attached hydrogens (tertiary/aromatic N) is 7. The van der Waals surface area contributed by atoms with Crippen molar-refractivity contribution < 1.29 is 33.4 Å². The van der Waals surface area contributed by atoms with Crippen molar-refractivity contribution in [3.8, 4) is 27.8 Å². The lowest BCUT2D eigenvalue weighted by molar-refractivity contribution is -0.144. The number of thiazole rings is 1. The number of fused-ring (bicyclic) bond motifs is 4. The number of aliphatic hydroxyl groups excluding tert-OH is 1. The van der Waals surface area contributed by atoms with Gasteiger partial charge in [-0.3, -0.25) is 29.1 Å². The highest BCUT2D eigenvalue weighted by Crippen LogP contribution is 2.36. The summed E-state index contributed by atoms with van der Waals surface area (Å²) >= 11 is 1.57. The second-order valence-corrected chi connectivity index (χ2v) is 22.7. The van der Waals surface area contributed by atoms with Crippen LogP contribution in [0.3, 0.4) is 0 Å². The number of rotatable bonds is 18. The van der Waals surface area contributed by atoms with E-state index in [1.807, 2.05) is 88.7 Å². The summed E-state index contributed by atoms with van der Waals surface area (Å²) in [5.41, 5.74) is 4.01. The van der Waals surface area contributed by atoms with E-state index in [0.717, 1.165) is 60.5 Å². The number of halogens is 1. The third-order valence-corrected chi connectivity index (χ3v) is 16.3. The summed E-state index contributed by atoms with van der Waals surface area (Å²) in [5.74, 6) is -1.23. The van der Waals surface area contributed by atoms with Gasteiger partial charge in [-0.2, -0.15) is 9.97 Å². The van der Waals surface area contributed by atoms with Crippen molar-refractivity contribution in [3.63, 3.8) is 0 Å². The Hall–Kier alpha value is -6.45. The monoisotopic (exact) mass is 1060 g/mol. The molecule has 20 heteroatoms. The maximum Gasteiger partial charge on any atom is 0.319 e. The number of aliphatic hydroxyl groups is 1. The Morgan fingerprint density at radius 3 is 2.50 bits per heavy atom. The number of anilines is 1. The molecule has 76 heavy (non-hydrogen) atoms. The van der Waals surface area contributed by atoms with Crippen LogP contribution in [0.25, 0.3) is 43.5 Å². The highest BCUT2D eigenvalue weighted by molar-refractivity contribution is 7.13. The first-order chi connectivity index (χ1) is 36.6. The molecule has 0 radical (unpaired) electrons. The van der Waals surface area contributed by atoms with Crippen molar-refractivity contribution in [1.29, 1.82) is 0 Å². The standard InChI is InChI=1S/C56H68FN11O7S/c1-32(34-13-15-35(16-14-34)50-33(2)59-31-76-50)60-53(72)43-25-40(69)29-68(43)54(73)51(56(3,4)5)63-44(70)19-23-74-22-9-21-66-20-8-11-39(66)30-75-55-64-47-42(52(65-55)67-27-37-17-18-38(28-67)61-37)26-58-49(46(47)57)48-41-12-7-6-10-36(41)24-45(71)62-48/h6-7,10,12-16,24,26,31-32,37-40,43,51,61,69H,8-9,11,17-23,25,27-30H2,1-5H3,(H,60,72)(H,62,71)(H,63,70)/t32-,37?,38?,39-,40+,43-,51+/m0/s1. The zero-order valence-corrected chi connectivity index (χ0v) is 44.6. The zero-order valence-electron chi connectivity index (χ0n) is 43.8. The Balaban J connectivity index is 0.719. The van der Waals surface area contributed by atoms with Gasteiger partial charge in [0, 0.05) is 81.4 Å². The summed E-state index contributed by atoms with van der Waals surface area (Å²) in [5, 5.41) is 22.2. The van der Waals surface area contributed by atoms with Crippen LogP contribution in [0.2, 0.25) is 0 Å². The maximum absolute atomic E-state index is 16.9. The van der Waals surface area contributed by atoms with Crippen LogP contribution < -0.4 is 31.1 Å². The van der Waals surface area contributed by atoms with Crippen LogP contribution in [0, 0.1) is 18.2 Å². The molecular formula is C56H68FN11O7S. The average molecular weight is 1060 g/mol. The van der Waals surface area contributed by atoms with Gasteiger partial charge >= 0.3 is 6.01 Å². The molecule has 18 nitrogen and oxygen atoms in total. The fourth-order valence-corrected chi connectivity index (χ4v) is 12.1. The van der Waals surface area contributed by atoms with E-state index in [-0.39, 0.29) is 78.4 Å². The van der Waals surface area contributed by atoms with E-state index < -0.39 is 35.3 Å². The number of β-amino-alcohol motifs (C(OH)–C–C–N with tert-alkyl or cyclic N) is 1. The molecule has 0 spiro atoms. The van der Waals surface area contributed by atoms with Gasteiger partial charge in [0.25, 0.3) is 0 Å². The number of amides is 3. The number of pyridine rings is 2. The summed E-state index contributed by atoms with van der Waals surface area (Å²) in [4.78, 5) is 82.4. The smallest absolute Gasteiger partial charge is 0.319 e. The molecular weight excluding hydrogens is 990 g/mol. The first-order valence-electron chi connectivity index (χ1n) is 26.6. The normalized spacial score (nSPS) is 21.6. The van der Waals surface area contributed by atoms with E-state index in [1.54, 1.807) is 17.5 Å². The van der Waals surface area contributed by atoms with Gasteiger partial charge in [-0.25, -0.2) is 9.37 Å². The summed E-state index contributed by atoms with van der Waals surface area (Å²) in [6, 6.07) is 15.3. The van der Waals surface area contributed by atoms with Crippen molar-refractivity contribution in [3.05, 3.63) is 93.7 Å². The van der Waals surface area contributed by atoms with Crippen molar-refractivity contribution in [2.45, 2.75) is 122 Å². The van der Waals surface area contributed by atoms with E-state index >= 15 is 4.39 Å². The largest absolute Gasteiger partial charge is 0.462 e. The van der Waals surface area contributed by atoms with Gasteiger partial charge in [-0.05, 0) is 74.4 Å². The van der Waals surface area contributed by atoms with E-state index in [1.165, 1.54) is 11.0 Å². The Labute approximate surface area is 445 Å². The molecule has 4 fully saturated rings. The second-order valence-electron chi connectivity index (χ2n) is 21.9. The molecule has 8 heterocycles. The van der Waals surface area contributed by atoms with E-state index in [2.05, 4.69) is 45.7 Å². The molecule has 3 amide bonds. The Morgan fingerprint density at radius 2 is 1.75 bits per heavy atom. The molecule has 4 aromatic heterocycles. The third-order valence-electron chi connectivity index (χ3n) is 15.3. The number of carbonyl (C=O) groups excluding carboxylic acids is 3. The number of aromatic nitrogens is 5. The number of H-pyrrole nitrogens is 1. The molecule has 0 aliphatic carbocycles. The number of aromatic amines is 1. The third kappa shape index (κ3) is 11.6. The van der Waals surface area contributed by atoms with Gasteiger partial charge in [0.1, 0.15) is 35.7 Å². The number of aryl methyl sites for hydroxylation is 1. The molecule has 402 valence electrons. The summed E-state index contributed by atoms with van der Waals surface area (Å²) < 4.78 is 29.2. The predicted octanol–water partition coefficient (Wildman–Crippen LogP) is 6.06. The first-order valence-corrected chi connectivity index (χ1v) is 27.5. The molecule has 2 aromatic carbocycles. The van der Waals surface area contributed by atoms with Crippen LogP contribution in [0.5, 0.6) is 6.01 Å². The Kier molecular flexibility index (Phi) is 15.8. The summed E-state index contributed by atoms with van der Waals surface area (Å²) in [6.45, 7) is 13.3. The molecule has 2 bridgehead atoms. The highest BCUT2D eigenvalue weighted by Gasteiger charge is 2.45. The molecule has 0 saturated carbocycles. The number of hydrogen-bond donors (Lipinski definition) is 5. The highest BCUT2D eigenvalue weighted by atomic mass is 32.1. The van der Waals surface area contributed by atoms with E-state index in [0.29, 0.717) is 66.8 Å². The Bertz CT molecular complexity index is 3140. The fourth-order valence-electron chi connectivity index (χ4n) is 11.3. The maximum atomic E-state index is 16.9. The number of ether oxygens (including phenoxy) is 2. The molecule has 2 unspecified atom stereocenters. The minimum absolute atomic E-state index is 0.00573. The van der Waals surface area contributed by atoms with Crippen molar-refractivity contribution in [1.82, 2.24) is 50.7 Å². The minimum Gasteiger partial charge on any atom is -0.462 e. The molecule has 5 N–H and O–H groups in total. The lowest BCUT2D eigenvalue weighted by atomic mass is 9.85. The van der Waals surface area contributed by atoms with Crippen molar-refractivity contribution >= 4 is 56.6 Å². The average Bonchev–Trinajstić information content (AvgIpc) is 4.22. The minimum atomic E-state index is -0.950. The quantitative estimate of drug-likeness (QED) is 0.0619. The zero-order chi connectivity index (χ0) is 53.3. The number of likely N-dealkylation sites (tertiary alicyclic amines) is 2. The number of benzene rings is 2. The molecule has 7 atom stereocenters. The summed E-state index contributed by atoms with van der Waals surface area (Å²) in [7, 11) is 0. The number of piperazine rings is 1. The van der Waals surface area contributed by atoms with Crippen molar-refractivity contribution in [2.75, 3.05) is 57.4 Å². The van der Waals surface area contributed by atoms with Crippen LogP contribution in [-0.2, 0) is 19.1 Å². The topological polar surface area (TPSA) is 220 Å². The number of carbonyl (C=O) groups is 3. The van der Waals surface area contributed by atoms with Gasteiger partial charge in [-0.1, -0.05) is 69.3 Å². The van der Waals surface area contributed by atoms with E-state index in [9.17, 15) is 24.3 Å². The fraction of sp³-hybridized carbons (Fsp3) is 0.500. The molecule has 4 aliphatic heterocycles. The molecule has 4 aliphatic rings. The van der Waals surface area contributed by atoms with Crippen molar-refractivity contribution in [2.24, 2.45) is 5.41 Å². The number of nitrogens with one attached hydrogen (secondary N) is 4. The first kappa shape index (κ1) is 53.0. The molecule has 10 rings (SSSR count). The van der Waals surface area contributed by atoms with Gasteiger partial charge in [0.15, 0.2) is 5.82 Å². The predicted molar refractivity (Wildman–Crippen MR) is 290 cm³/mol. The SMILES string of the molecule is Cc1ncsc1-c1ccc([C@H](C)NC(=O)[C@@H]2C[C@@H](O)CN2C(=O)[C@@H](NC(=O)CCOCCCN2CCC[C@H]2COc2nc(N3CC4CCC(C3)N4)c3cnc(-c4[nH]c(=O)cc5ccccc45)c(F)c3n2)C(C)(C)C)cc1. The van der Waals surface area contributed by atoms with Gasteiger partial charge in [-0.15, -0.1) is 11.3 Å². The lowest BCUT2D eigenvalue weighted by Gasteiger charge is -2.35. The van der Waals surface area contributed by atoms with Crippen LogP contribution in [0.4, 0.5) is 10.2 Å². The van der Waals surface area contributed by atoms with Gasteiger partial charge < -0.3 is 45.3 Å². The van der Waals surface area contributed by atoms with Crippen LogP contribution in [0.15, 0.2) is 71.1 Å². The Morgan fingerprint density at radius 1 is 0.974 bits per heavy atom. The van der Waals surface area contributed by atoms with Gasteiger partial charge in [0.2, 0.25) is 23.3 Å². The molecule has 6 aromatic rings. The summed E-state index contributed by atoms with van der Waals surface area (Å²) in [6.07, 6.45) is 5.54. The van der Waals surface area contributed by atoms with Crippen LogP contribution in [0.1, 0.15) is 89.9 Å². The van der Waals surface area contributed by atoms with Crippen LogP contribution in [-0.4, -0.2) is 146 Å². The molecule has 4 saturated heterocycles. The van der Waals surface area contributed by atoms with Gasteiger partial charge in [0.05, 0.1) is 45.9 Å². The number of hydrogen-bond acceptors (Lipinski definition) is 15. The van der Waals surface area contributed by atoms with Crippen LogP contribution >= 0.6 is 11.3 Å². The second kappa shape index (κ2) is 22.6. The lowest BCUT2D eigenvalue weighted by Crippen LogP contribution is -2.58. The van der Waals surface area contributed by atoms with E-state index in [4.69, 9.17) is 14.5 Å².